The number of nitrogens with one attached hydrogen (secondary N) is 1. The van der Waals surface area contributed by atoms with Crippen molar-refractivity contribution in [2.45, 2.75) is 39.4 Å². The van der Waals surface area contributed by atoms with Crippen molar-refractivity contribution in [1.82, 2.24) is 19.7 Å². The maximum atomic E-state index is 13.2. The molecule has 0 spiro atoms. The van der Waals surface area contributed by atoms with Gasteiger partial charge in [0.2, 0.25) is 0 Å². The molecule has 0 amide bonds. The third-order valence-electron chi connectivity index (χ3n) is 5.47. The molecule has 3 aromatic heterocycles. The van der Waals surface area contributed by atoms with E-state index in [2.05, 4.69) is 15.2 Å². The van der Waals surface area contributed by atoms with Gasteiger partial charge in [0.25, 0.3) is 0 Å². The number of thioether (sulfide) groups is 1. The van der Waals surface area contributed by atoms with E-state index in [1.807, 2.05) is 47.9 Å². The number of rotatable bonds is 9. The van der Waals surface area contributed by atoms with E-state index in [0.29, 0.717) is 40.0 Å². The number of ketones is 1. The Balaban J connectivity index is 1.63. The lowest BCUT2D eigenvalue weighted by atomic mass is 10.1. The quantitative estimate of drug-likeness (QED) is 0.205. The van der Waals surface area contributed by atoms with Crippen molar-refractivity contribution < 1.29 is 18.7 Å². The number of nitrogens with zero attached hydrogens (tertiary/aromatic N) is 3. The summed E-state index contributed by atoms with van der Waals surface area (Å²) in [5.41, 5.74) is 3.86. The third kappa shape index (κ3) is 4.70. The number of ether oxygens (including phenoxy) is 1. The highest BCUT2D eigenvalue weighted by Crippen LogP contribution is 2.29. The smallest absolute Gasteiger partial charge is 0.340 e. The number of aromatic nitrogens is 4. The molecule has 4 rings (SSSR count). The van der Waals surface area contributed by atoms with Crippen LogP contribution in [0.25, 0.3) is 11.4 Å². The number of carbonyl (C=O) groups excluding carboxylic acids is 2. The van der Waals surface area contributed by atoms with E-state index in [-0.39, 0.29) is 18.1 Å². The molecule has 9 heteroatoms. The maximum absolute atomic E-state index is 13.2. The first-order valence-electron chi connectivity index (χ1n) is 10.9. The Labute approximate surface area is 201 Å². The zero-order valence-electron chi connectivity index (χ0n) is 19.5. The Hall–Kier alpha value is -3.59. The fourth-order valence-corrected chi connectivity index (χ4v) is 4.72. The molecule has 0 bridgehead atoms. The Kier molecular flexibility index (Phi) is 7.02. The minimum Gasteiger partial charge on any atom is -0.469 e. The van der Waals surface area contributed by atoms with Gasteiger partial charge in [0.1, 0.15) is 5.76 Å². The fourth-order valence-electron chi connectivity index (χ4n) is 3.91. The van der Waals surface area contributed by atoms with E-state index in [0.717, 1.165) is 16.9 Å². The average molecular weight is 479 g/mol. The lowest BCUT2D eigenvalue weighted by Gasteiger charge is -2.10. The number of hydrogen-bond acceptors (Lipinski definition) is 7. The van der Waals surface area contributed by atoms with E-state index in [9.17, 15) is 9.59 Å². The zero-order valence-corrected chi connectivity index (χ0v) is 20.4. The van der Waals surface area contributed by atoms with Gasteiger partial charge in [0, 0.05) is 11.4 Å². The molecule has 0 unspecified atom stereocenters. The maximum Gasteiger partial charge on any atom is 0.340 e. The molecule has 0 aliphatic carbocycles. The van der Waals surface area contributed by atoms with Crippen molar-refractivity contribution >= 4 is 23.5 Å². The number of Topliss-reactive ketones (excluding diaryl/α,β-unsaturated/α-hetero) is 1. The van der Waals surface area contributed by atoms with Crippen molar-refractivity contribution in [1.29, 1.82) is 0 Å². The monoisotopic (exact) mass is 478 g/mol. The highest BCUT2D eigenvalue weighted by Gasteiger charge is 2.26. The van der Waals surface area contributed by atoms with Crippen LogP contribution in [0, 0.1) is 20.8 Å². The number of benzene rings is 1. The van der Waals surface area contributed by atoms with Crippen molar-refractivity contribution in [2.75, 3.05) is 12.4 Å². The first kappa shape index (κ1) is 23.6. The first-order chi connectivity index (χ1) is 16.4. The molecule has 1 N–H and O–H groups in total. The molecule has 8 nitrogen and oxygen atoms in total. The van der Waals surface area contributed by atoms with Crippen molar-refractivity contribution in [2.24, 2.45) is 0 Å². The second-order valence-electron chi connectivity index (χ2n) is 7.83. The molecule has 0 fully saturated rings. The van der Waals surface area contributed by atoms with Gasteiger partial charge >= 0.3 is 5.97 Å². The number of esters is 1. The molecule has 0 atom stereocenters. The summed E-state index contributed by atoms with van der Waals surface area (Å²) < 4.78 is 12.6. The number of hydrogen-bond donors (Lipinski definition) is 1. The summed E-state index contributed by atoms with van der Waals surface area (Å²) in [6.45, 7) is 7.94. The lowest BCUT2D eigenvalue weighted by molar-refractivity contribution is 0.0522. The first-order valence-corrected chi connectivity index (χ1v) is 11.9. The van der Waals surface area contributed by atoms with Crippen molar-refractivity contribution in [3.05, 3.63) is 76.5 Å². The number of furan rings is 1. The van der Waals surface area contributed by atoms with Crippen LogP contribution in [0.4, 0.5) is 0 Å². The lowest BCUT2D eigenvalue weighted by Crippen LogP contribution is -2.13. The third-order valence-corrected chi connectivity index (χ3v) is 6.43. The van der Waals surface area contributed by atoms with Gasteiger partial charge in [-0.1, -0.05) is 42.1 Å². The normalized spacial score (nSPS) is 11.1. The minimum atomic E-state index is -0.498. The van der Waals surface area contributed by atoms with Gasteiger partial charge in [-0.05, 0) is 39.3 Å². The number of carbonyl (C=O) groups is 2. The molecule has 0 aliphatic heterocycles. The van der Waals surface area contributed by atoms with Gasteiger partial charge in [-0.3, -0.25) is 9.36 Å². The second kappa shape index (κ2) is 10.1. The number of aryl methyl sites for hydroxylation is 3. The van der Waals surface area contributed by atoms with Crippen LogP contribution in [-0.4, -0.2) is 43.9 Å². The van der Waals surface area contributed by atoms with Crippen LogP contribution in [0.2, 0.25) is 0 Å². The van der Waals surface area contributed by atoms with E-state index in [1.54, 1.807) is 27.0 Å². The van der Waals surface area contributed by atoms with Gasteiger partial charge in [0.15, 0.2) is 16.8 Å². The Morgan fingerprint density at radius 3 is 2.47 bits per heavy atom. The standard InChI is InChI=1S/C25H26N4O4S/c1-5-32-24(31)22-16(3)26-15(2)21(22)20(30)14-34-25-28-27-23(19-11-12-33-17(19)4)29(25)13-18-9-7-6-8-10-18/h6-12,26H,5,13-14H2,1-4H3. The molecule has 34 heavy (non-hydrogen) atoms. The van der Waals surface area contributed by atoms with Crippen molar-refractivity contribution in [3.63, 3.8) is 0 Å². The molecule has 4 aromatic rings. The van der Waals surface area contributed by atoms with Crippen LogP contribution in [0.3, 0.4) is 0 Å². The van der Waals surface area contributed by atoms with E-state index >= 15 is 0 Å². The molecule has 3 heterocycles. The largest absolute Gasteiger partial charge is 0.469 e. The van der Waals surface area contributed by atoms with Crippen LogP contribution in [0.1, 0.15) is 50.4 Å². The Bertz CT molecular complexity index is 1320. The summed E-state index contributed by atoms with van der Waals surface area (Å²) in [6.07, 6.45) is 1.62. The average Bonchev–Trinajstić information content (AvgIpc) is 3.49. The predicted octanol–water partition coefficient (Wildman–Crippen LogP) is 4.99. The van der Waals surface area contributed by atoms with Gasteiger partial charge in [0.05, 0.1) is 41.9 Å². The number of H-pyrrole nitrogens is 1. The highest BCUT2D eigenvalue weighted by atomic mass is 32.2. The highest BCUT2D eigenvalue weighted by molar-refractivity contribution is 7.99. The summed E-state index contributed by atoms with van der Waals surface area (Å²) in [5, 5.41) is 9.38. The van der Waals surface area contributed by atoms with Gasteiger partial charge in [-0.15, -0.1) is 10.2 Å². The van der Waals surface area contributed by atoms with Crippen LogP contribution >= 0.6 is 11.8 Å². The summed E-state index contributed by atoms with van der Waals surface area (Å²) in [5.74, 6) is 0.840. The molecule has 176 valence electrons. The molecule has 0 aliphatic rings. The molecule has 0 saturated carbocycles. The summed E-state index contributed by atoms with van der Waals surface area (Å²) in [6, 6.07) is 11.8. The van der Waals surface area contributed by atoms with Gasteiger partial charge in [-0.25, -0.2) is 4.79 Å². The zero-order chi connectivity index (χ0) is 24.2. The minimum absolute atomic E-state index is 0.0990. The topological polar surface area (TPSA) is 103 Å². The van der Waals surface area contributed by atoms with Crippen LogP contribution in [0.15, 0.2) is 52.2 Å². The SMILES string of the molecule is CCOC(=O)c1c(C)[nH]c(C)c1C(=O)CSc1nnc(-c2ccoc2C)n1Cc1ccccc1. The fraction of sp³-hybridized carbons (Fsp3) is 0.280. The van der Waals surface area contributed by atoms with Crippen molar-refractivity contribution in [3.8, 4) is 11.4 Å². The van der Waals surface area contributed by atoms with Crippen LogP contribution in [-0.2, 0) is 11.3 Å². The molecule has 1 aromatic carbocycles. The van der Waals surface area contributed by atoms with Gasteiger partial charge < -0.3 is 14.1 Å². The van der Waals surface area contributed by atoms with E-state index in [1.165, 1.54) is 11.8 Å². The summed E-state index contributed by atoms with van der Waals surface area (Å²) in [4.78, 5) is 28.8. The molecular weight excluding hydrogens is 452 g/mol. The van der Waals surface area contributed by atoms with E-state index < -0.39 is 5.97 Å². The van der Waals surface area contributed by atoms with Crippen LogP contribution < -0.4 is 0 Å². The Morgan fingerprint density at radius 1 is 1.06 bits per heavy atom. The molecule has 0 saturated heterocycles. The van der Waals surface area contributed by atoms with Crippen LogP contribution in [0.5, 0.6) is 0 Å². The summed E-state index contributed by atoms with van der Waals surface area (Å²) >= 11 is 1.29. The molecular formula is C25H26N4O4S. The Morgan fingerprint density at radius 2 is 1.79 bits per heavy atom. The second-order valence-corrected chi connectivity index (χ2v) is 8.77. The molecule has 0 radical (unpaired) electrons. The van der Waals surface area contributed by atoms with E-state index in [4.69, 9.17) is 9.15 Å². The summed E-state index contributed by atoms with van der Waals surface area (Å²) in [7, 11) is 0. The van der Waals surface area contributed by atoms with Gasteiger partial charge in [-0.2, -0.15) is 0 Å². The number of aromatic amines is 1. The predicted molar refractivity (Wildman–Crippen MR) is 129 cm³/mol.